The fourth-order valence-electron chi connectivity index (χ4n) is 0.422. The second-order valence-corrected chi connectivity index (χ2v) is 5.01. The molecule has 15 heteroatoms. The number of carboxylic acid groups (broad SMARTS) is 1. The number of rotatable bonds is 6. The molecule has 0 aromatic carbocycles. The predicted molar refractivity (Wildman–Crippen MR) is 59.8 cm³/mol. The molecular formula is C5H12N2O11S2. The van der Waals surface area contributed by atoms with Gasteiger partial charge in [-0.2, -0.15) is 16.8 Å². The molecule has 0 aliphatic heterocycles. The molecule has 0 aromatic rings. The van der Waals surface area contributed by atoms with Crippen LogP contribution in [0.5, 0.6) is 0 Å². The van der Waals surface area contributed by atoms with Crippen LogP contribution in [0.25, 0.3) is 0 Å². The van der Waals surface area contributed by atoms with Crippen molar-refractivity contribution in [2.75, 3.05) is 13.2 Å². The Bertz CT molecular complexity index is 493. The first kappa shape index (κ1) is 20.9. The standard InChI is InChI=1S/C5H10N2O4.H2O7S2/c6-1-4(8)11-2-3(7)5(9)10;1-8(2,3)7-9(4,5)6/h3H,1-2,6-7H2,(H,9,10);(H,1,2,3)(H,4,5,6). The highest BCUT2D eigenvalue weighted by molar-refractivity contribution is 7.94. The van der Waals surface area contributed by atoms with Crippen molar-refractivity contribution in [3.8, 4) is 0 Å². The van der Waals surface area contributed by atoms with Gasteiger partial charge < -0.3 is 21.3 Å². The molecule has 0 saturated heterocycles. The third kappa shape index (κ3) is 16.6. The summed E-state index contributed by atoms with van der Waals surface area (Å²) < 4.78 is 59.9. The van der Waals surface area contributed by atoms with Crippen LogP contribution >= 0.6 is 0 Å². The molecule has 1 unspecified atom stereocenters. The van der Waals surface area contributed by atoms with E-state index in [2.05, 4.69) is 8.37 Å². The Balaban J connectivity index is 0. The van der Waals surface area contributed by atoms with Crippen molar-refractivity contribution in [1.29, 1.82) is 0 Å². The largest absolute Gasteiger partial charge is 0.480 e. The Hall–Kier alpha value is -1.36. The van der Waals surface area contributed by atoms with Gasteiger partial charge in [0.25, 0.3) is 0 Å². The minimum Gasteiger partial charge on any atom is -0.480 e. The number of esters is 1. The topological polar surface area (TPSA) is 234 Å². The number of aliphatic carboxylic acids is 1. The van der Waals surface area contributed by atoms with Gasteiger partial charge in [-0.15, -0.1) is 3.63 Å². The second-order valence-electron chi connectivity index (χ2n) is 2.76. The molecule has 0 fully saturated rings. The van der Waals surface area contributed by atoms with Gasteiger partial charge in [-0.3, -0.25) is 18.7 Å². The monoisotopic (exact) mass is 340 g/mol. The van der Waals surface area contributed by atoms with E-state index in [9.17, 15) is 26.4 Å². The number of hydrogen-bond donors (Lipinski definition) is 5. The summed E-state index contributed by atoms with van der Waals surface area (Å²) in [6, 6.07) is -1.18. The maximum Gasteiger partial charge on any atom is 0.413 e. The zero-order valence-electron chi connectivity index (χ0n) is 9.57. The first-order valence-electron chi connectivity index (χ1n) is 4.28. The maximum atomic E-state index is 10.3. The molecule has 0 amide bonds. The van der Waals surface area contributed by atoms with Crippen molar-refractivity contribution in [3.05, 3.63) is 0 Å². The van der Waals surface area contributed by atoms with E-state index in [-0.39, 0.29) is 13.2 Å². The quantitative estimate of drug-likeness (QED) is 0.233. The molecule has 0 spiro atoms. The average molecular weight is 340 g/mol. The summed E-state index contributed by atoms with van der Waals surface area (Å²) in [5.41, 5.74) is 9.87. The van der Waals surface area contributed by atoms with Crippen LogP contribution in [0.1, 0.15) is 0 Å². The van der Waals surface area contributed by atoms with E-state index < -0.39 is 38.8 Å². The lowest BCUT2D eigenvalue weighted by atomic mass is 10.3. The van der Waals surface area contributed by atoms with Crippen LogP contribution < -0.4 is 11.5 Å². The lowest BCUT2D eigenvalue weighted by Gasteiger charge is -2.05. The molecule has 13 nitrogen and oxygen atoms in total. The van der Waals surface area contributed by atoms with Gasteiger partial charge in [0, 0.05) is 0 Å². The summed E-state index contributed by atoms with van der Waals surface area (Å²) in [5.74, 6) is -1.88. The Morgan fingerprint density at radius 3 is 1.70 bits per heavy atom. The summed E-state index contributed by atoms with van der Waals surface area (Å²) in [5, 5.41) is 8.22. The van der Waals surface area contributed by atoms with Crippen LogP contribution in [-0.2, 0) is 38.8 Å². The van der Waals surface area contributed by atoms with Crippen molar-refractivity contribution in [1.82, 2.24) is 0 Å². The molecule has 0 aliphatic rings. The SMILES string of the molecule is NCC(=O)OCC(N)C(=O)O.O=S(=O)(O)OS(=O)(=O)O. The third-order valence-corrected chi connectivity index (χ3v) is 2.46. The molecule has 0 aromatic heterocycles. The van der Waals surface area contributed by atoms with Crippen LogP contribution in [0.2, 0.25) is 0 Å². The van der Waals surface area contributed by atoms with E-state index in [1.165, 1.54) is 0 Å². The van der Waals surface area contributed by atoms with Crippen LogP contribution in [0.3, 0.4) is 0 Å². The van der Waals surface area contributed by atoms with Crippen LogP contribution in [-0.4, -0.2) is 62.2 Å². The summed E-state index contributed by atoms with van der Waals surface area (Å²) in [7, 11) is -10.2. The molecule has 0 aliphatic carbocycles. The number of hydrogen-bond acceptors (Lipinski definition) is 10. The van der Waals surface area contributed by atoms with Gasteiger partial charge in [-0.1, -0.05) is 0 Å². The van der Waals surface area contributed by atoms with E-state index in [1.807, 2.05) is 0 Å². The third-order valence-electron chi connectivity index (χ3n) is 1.08. The number of nitrogens with two attached hydrogens (primary N) is 2. The van der Waals surface area contributed by atoms with E-state index in [0.29, 0.717) is 0 Å². The van der Waals surface area contributed by atoms with E-state index in [1.54, 1.807) is 0 Å². The molecule has 0 radical (unpaired) electrons. The Morgan fingerprint density at radius 2 is 1.50 bits per heavy atom. The van der Waals surface area contributed by atoms with Crippen molar-refractivity contribution in [2.24, 2.45) is 11.5 Å². The molecule has 0 rings (SSSR count). The van der Waals surface area contributed by atoms with Crippen LogP contribution in [0, 0.1) is 0 Å². The number of carboxylic acids is 1. The minimum absolute atomic E-state index is 0.271. The lowest BCUT2D eigenvalue weighted by Crippen LogP contribution is -2.36. The Morgan fingerprint density at radius 1 is 1.10 bits per heavy atom. The van der Waals surface area contributed by atoms with Gasteiger partial charge in [0.1, 0.15) is 12.6 Å². The molecule has 120 valence electrons. The van der Waals surface area contributed by atoms with Crippen LogP contribution in [0.4, 0.5) is 0 Å². The van der Waals surface area contributed by atoms with Gasteiger partial charge in [0.15, 0.2) is 0 Å². The summed E-state index contributed by atoms with van der Waals surface area (Å²) in [4.78, 5) is 20.4. The zero-order valence-corrected chi connectivity index (χ0v) is 11.2. The summed E-state index contributed by atoms with van der Waals surface area (Å²) in [6.45, 7) is -0.613. The van der Waals surface area contributed by atoms with Crippen LogP contribution in [0.15, 0.2) is 0 Å². The average Bonchev–Trinajstić information content (AvgIpc) is 2.20. The van der Waals surface area contributed by atoms with Gasteiger partial charge in [-0.25, -0.2) is 0 Å². The van der Waals surface area contributed by atoms with Gasteiger partial charge >= 0.3 is 32.7 Å². The molecule has 0 saturated carbocycles. The van der Waals surface area contributed by atoms with E-state index in [0.717, 1.165) is 0 Å². The maximum absolute atomic E-state index is 10.3. The fraction of sp³-hybridized carbons (Fsp3) is 0.600. The number of carbonyl (C=O) groups excluding carboxylic acids is 1. The fourth-order valence-corrected chi connectivity index (χ4v) is 1.29. The summed E-state index contributed by atoms with van der Waals surface area (Å²) in [6.07, 6.45) is 0. The van der Waals surface area contributed by atoms with Gasteiger partial charge in [0.05, 0.1) is 6.54 Å². The highest BCUT2D eigenvalue weighted by Crippen LogP contribution is 1.91. The van der Waals surface area contributed by atoms with Crippen molar-refractivity contribution >= 4 is 32.7 Å². The van der Waals surface area contributed by atoms with Gasteiger partial charge in [0.2, 0.25) is 0 Å². The van der Waals surface area contributed by atoms with E-state index in [4.69, 9.17) is 25.7 Å². The smallest absolute Gasteiger partial charge is 0.413 e. The molecule has 0 heterocycles. The van der Waals surface area contributed by atoms with Crippen molar-refractivity contribution in [2.45, 2.75) is 6.04 Å². The number of carbonyl (C=O) groups is 2. The molecule has 0 bridgehead atoms. The molecule has 1 atom stereocenters. The minimum atomic E-state index is -5.12. The van der Waals surface area contributed by atoms with Crippen molar-refractivity contribution < 1.29 is 49.0 Å². The number of ether oxygens (including phenoxy) is 1. The van der Waals surface area contributed by atoms with E-state index >= 15 is 0 Å². The van der Waals surface area contributed by atoms with Crippen molar-refractivity contribution in [3.63, 3.8) is 0 Å². The highest BCUT2D eigenvalue weighted by atomic mass is 32.3. The Kier molecular flexibility index (Phi) is 9.15. The molecule has 7 N–H and O–H groups in total. The molecule has 20 heavy (non-hydrogen) atoms. The predicted octanol–water partition coefficient (Wildman–Crippen LogP) is -3.49. The zero-order chi connectivity index (χ0) is 16.6. The molecular weight excluding hydrogens is 328 g/mol. The first-order valence-corrected chi connectivity index (χ1v) is 7.01. The Labute approximate surface area is 113 Å². The second kappa shape index (κ2) is 8.74. The summed E-state index contributed by atoms with van der Waals surface area (Å²) >= 11 is 0. The normalized spacial score (nSPS) is 12.8. The highest BCUT2D eigenvalue weighted by Gasteiger charge is 2.15. The lowest BCUT2D eigenvalue weighted by molar-refractivity contribution is -0.146. The first-order chi connectivity index (χ1) is 8.78. The van der Waals surface area contributed by atoms with Gasteiger partial charge in [-0.05, 0) is 0 Å².